The van der Waals surface area contributed by atoms with E-state index in [2.05, 4.69) is 9.46 Å². The Labute approximate surface area is 107 Å². The molecule has 0 saturated heterocycles. The zero-order valence-electron chi connectivity index (χ0n) is 10.9. The zero-order valence-corrected chi connectivity index (χ0v) is 11.7. The van der Waals surface area contributed by atoms with Crippen LogP contribution in [0.4, 0.5) is 0 Å². The van der Waals surface area contributed by atoms with E-state index in [0.717, 1.165) is 11.1 Å². The van der Waals surface area contributed by atoms with Crippen molar-refractivity contribution in [2.45, 2.75) is 31.7 Å². The van der Waals surface area contributed by atoms with Gasteiger partial charge in [-0.3, -0.25) is 4.79 Å². The fourth-order valence-electron chi connectivity index (χ4n) is 1.61. The Morgan fingerprint density at radius 1 is 1.22 bits per heavy atom. The number of hydrogen-bond acceptors (Lipinski definition) is 4. The SMILES string of the molecule is COC(=O)C(C)NS(=O)(=O)c1cc(C)cc(C)c1. The predicted octanol–water partition coefficient (Wildman–Crippen LogP) is 1.14. The van der Waals surface area contributed by atoms with Crippen molar-refractivity contribution in [2.75, 3.05) is 7.11 Å². The Kier molecular flexibility index (Phi) is 4.48. The molecule has 0 aromatic heterocycles. The molecule has 0 aliphatic heterocycles. The van der Waals surface area contributed by atoms with Gasteiger partial charge in [0.05, 0.1) is 12.0 Å². The van der Waals surface area contributed by atoms with Gasteiger partial charge in [0.25, 0.3) is 0 Å². The molecule has 1 unspecified atom stereocenters. The molecule has 5 nitrogen and oxygen atoms in total. The van der Waals surface area contributed by atoms with E-state index in [-0.39, 0.29) is 4.90 Å². The molecular weight excluding hydrogens is 254 g/mol. The number of methoxy groups -OCH3 is 1. The molecule has 18 heavy (non-hydrogen) atoms. The second kappa shape index (κ2) is 5.49. The van der Waals surface area contributed by atoms with Crippen molar-refractivity contribution in [3.63, 3.8) is 0 Å². The number of ether oxygens (including phenoxy) is 1. The Bertz CT molecular complexity index is 531. The zero-order chi connectivity index (χ0) is 13.9. The third-order valence-electron chi connectivity index (χ3n) is 2.39. The molecule has 1 N–H and O–H groups in total. The van der Waals surface area contributed by atoms with Crippen LogP contribution in [0.25, 0.3) is 0 Å². The second-order valence-corrected chi connectivity index (χ2v) is 5.90. The van der Waals surface area contributed by atoms with Crippen molar-refractivity contribution in [1.82, 2.24) is 4.72 Å². The highest BCUT2D eigenvalue weighted by Crippen LogP contribution is 2.14. The number of esters is 1. The molecule has 1 atom stereocenters. The van der Waals surface area contributed by atoms with Gasteiger partial charge in [-0.05, 0) is 44.0 Å². The van der Waals surface area contributed by atoms with Crippen LogP contribution in [-0.4, -0.2) is 27.5 Å². The van der Waals surface area contributed by atoms with Gasteiger partial charge in [-0.15, -0.1) is 0 Å². The van der Waals surface area contributed by atoms with Gasteiger partial charge in [0.2, 0.25) is 10.0 Å². The van der Waals surface area contributed by atoms with Crippen molar-refractivity contribution in [2.24, 2.45) is 0 Å². The Morgan fingerprint density at radius 3 is 2.17 bits per heavy atom. The van der Waals surface area contributed by atoms with Gasteiger partial charge < -0.3 is 4.74 Å². The minimum atomic E-state index is -3.71. The predicted molar refractivity (Wildman–Crippen MR) is 67.7 cm³/mol. The maximum absolute atomic E-state index is 12.0. The molecule has 0 radical (unpaired) electrons. The quantitative estimate of drug-likeness (QED) is 0.834. The van der Waals surface area contributed by atoms with Gasteiger partial charge >= 0.3 is 5.97 Å². The average molecular weight is 271 g/mol. The second-order valence-electron chi connectivity index (χ2n) is 4.19. The third kappa shape index (κ3) is 3.54. The maximum Gasteiger partial charge on any atom is 0.323 e. The Hall–Kier alpha value is -1.40. The fourth-order valence-corrected chi connectivity index (χ4v) is 2.99. The normalized spacial score (nSPS) is 13.1. The van der Waals surface area contributed by atoms with Gasteiger partial charge in [0.1, 0.15) is 6.04 Å². The van der Waals surface area contributed by atoms with E-state index < -0.39 is 22.0 Å². The largest absolute Gasteiger partial charge is 0.468 e. The molecule has 0 spiro atoms. The summed E-state index contributed by atoms with van der Waals surface area (Å²) in [5.41, 5.74) is 1.70. The molecule has 0 aliphatic carbocycles. The summed E-state index contributed by atoms with van der Waals surface area (Å²) < 4.78 is 30.8. The van der Waals surface area contributed by atoms with Crippen molar-refractivity contribution in [3.8, 4) is 0 Å². The standard InChI is InChI=1S/C12H17NO4S/c1-8-5-9(2)7-11(6-8)18(15,16)13-10(3)12(14)17-4/h5-7,10,13H,1-4H3. The van der Waals surface area contributed by atoms with Gasteiger partial charge in [-0.25, -0.2) is 8.42 Å². The molecule has 1 aromatic carbocycles. The molecule has 0 saturated carbocycles. The van der Waals surface area contributed by atoms with Crippen LogP contribution in [0.5, 0.6) is 0 Å². The molecule has 100 valence electrons. The molecule has 6 heteroatoms. The molecule has 1 rings (SSSR count). The molecule has 1 aromatic rings. The summed E-state index contributed by atoms with van der Waals surface area (Å²) >= 11 is 0. The van der Waals surface area contributed by atoms with E-state index in [1.54, 1.807) is 12.1 Å². The Balaban J connectivity index is 3.03. The highest BCUT2D eigenvalue weighted by molar-refractivity contribution is 7.89. The first-order chi connectivity index (χ1) is 8.26. The summed E-state index contributed by atoms with van der Waals surface area (Å²) in [6.45, 7) is 5.07. The number of carbonyl (C=O) groups excluding carboxylic acids is 1. The first-order valence-electron chi connectivity index (χ1n) is 5.44. The number of rotatable bonds is 4. The number of nitrogens with one attached hydrogen (secondary N) is 1. The molecule has 0 fully saturated rings. The topological polar surface area (TPSA) is 72.5 Å². The summed E-state index contributed by atoms with van der Waals surface area (Å²) in [6, 6.07) is 4.07. The lowest BCUT2D eigenvalue weighted by Gasteiger charge is -2.13. The van der Waals surface area contributed by atoms with Crippen LogP contribution in [0, 0.1) is 13.8 Å². The Morgan fingerprint density at radius 2 is 1.72 bits per heavy atom. The van der Waals surface area contributed by atoms with Crippen LogP contribution in [0.1, 0.15) is 18.1 Å². The minimum Gasteiger partial charge on any atom is -0.468 e. The van der Waals surface area contributed by atoms with Gasteiger partial charge in [-0.2, -0.15) is 4.72 Å². The van der Waals surface area contributed by atoms with Crippen LogP contribution in [0.2, 0.25) is 0 Å². The smallest absolute Gasteiger partial charge is 0.323 e. The fraction of sp³-hybridized carbons (Fsp3) is 0.417. The first-order valence-corrected chi connectivity index (χ1v) is 6.93. The van der Waals surface area contributed by atoms with Crippen LogP contribution < -0.4 is 4.72 Å². The van der Waals surface area contributed by atoms with Crippen LogP contribution in [-0.2, 0) is 19.6 Å². The average Bonchev–Trinajstić information content (AvgIpc) is 2.26. The number of aryl methyl sites for hydroxylation is 2. The minimum absolute atomic E-state index is 0.149. The molecule has 0 aliphatic rings. The van der Waals surface area contributed by atoms with Crippen molar-refractivity contribution < 1.29 is 17.9 Å². The van der Waals surface area contributed by atoms with Crippen molar-refractivity contribution in [3.05, 3.63) is 29.3 Å². The lowest BCUT2D eigenvalue weighted by Crippen LogP contribution is -2.39. The van der Waals surface area contributed by atoms with Gasteiger partial charge in [0.15, 0.2) is 0 Å². The monoisotopic (exact) mass is 271 g/mol. The number of sulfonamides is 1. The van der Waals surface area contributed by atoms with E-state index in [9.17, 15) is 13.2 Å². The molecular formula is C12H17NO4S. The maximum atomic E-state index is 12.0. The number of carbonyl (C=O) groups is 1. The van der Waals surface area contributed by atoms with Crippen LogP contribution in [0.3, 0.4) is 0 Å². The molecule has 0 bridgehead atoms. The third-order valence-corrected chi connectivity index (χ3v) is 3.91. The highest BCUT2D eigenvalue weighted by Gasteiger charge is 2.22. The van der Waals surface area contributed by atoms with E-state index in [4.69, 9.17) is 0 Å². The first kappa shape index (κ1) is 14.7. The van der Waals surface area contributed by atoms with E-state index in [1.807, 2.05) is 19.9 Å². The molecule has 0 amide bonds. The van der Waals surface area contributed by atoms with E-state index in [0.29, 0.717) is 0 Å². The summed E-state index contributed by atoms with van der Waals surface area (Å²) in [5.74, 6) is -0.622. The lowest BCUT2D eigenvalue weighted by molar-refractivity contribution is -0.142. The van der Waals surface area contributed by atoms with Crippen LogP contribution in [0.15, 0.2) is 23.1 Å². The van der Waals surface area contributed by atoms with Crippen LogP contribution >= 0.6 is 0 Å². The summed E-state index contributed by atoms with van der Waals surface area (Å²) in [6.07, 6.45) is 0. The molecule has 0 heterocycles. The van der Waals surface area contributed by atoms with Gasteiger partial charge in [-0.1, -0.05) is 6.07 Å². The summed E-state index contributed by atoms with van der Waals surface area (Å²) in [5, 5.41) is 0. The highest BCUT2D eigenvalue weighted by atomic mass is 32.2. The lowest BCUT2D eigenvalue weighted by atomic mass is 10.2. The van der Waals surface area contributed by atoms with Crippen molar-refractivity contribution >= 4 is 16.0 Å². The number of hydrogen-bond donors (Lipinski definition) is 1. The van der Waals surface area contributed by atoms with Gasteiger partial charge in [0, 0.05) is 0 Å². The number of benzene rings is 1. The van der Waals surface area contributed by atoms with Crippen molar-refractivity contribution in [1.29, 1.82) is 0 Å². The van der Waals surface area contributed by atoms with E-state index >= 15 is 0 Å². The summed E-state index contributed by atoms with van der Waals surface area (Å²) in [7, 11) is -2.50. The van der Waals surface area contributed by atoms with E-state index in [1.165, 1.54) is 14.0 Å². The summed E-state index contributed by atoms with van der Waals surface area (Å²) in [4.78, 5) is 11.4.